The standard InChI is InChI=1S/C25H28O4.H4NO2P/c1-4-23(28-2,29-3)25(26,27)24(20-14-8-5-9-15-20,21-16-10-6-11-17-21)22-18-12-7-13-19-22;1-4(2)3/h5-19,26-27H,4H2,1-3H3;2-3H,1H2. The van der Waals surface area contributed by atoms with Gasteiger partial charge in [-0.1, -0.05) is 97.9 Å². The van der Waals surface area contributed by atoms with Crippen molar-refractivity contribution in [2.75, 3.05) is 14.2 Å². The summed E-state index contributed by atoms with van der Waals surface area (Å²) in [5.41, 5.74) is 5.06. The summed E-state index contributed by atoms with van der Waals surface area (Å²) in [6.45, 7) is 1.81. The van der Waals surface area contributed by atoms with Crippen LogP contribution in [0.25, 0.3) is 0 Å². The van der Waals surface area contributed by atoms with Crippen LogP contribution in [0.2, 0.25) is 0 Å². The minimum atomic E-state index is -2.46. The molecule has 33 heavy (non-hydrogen) atoms. The lowest BCUT2D eigenvalue weighted by atomic mass is 9.61. The zero-order valence-corrected chi connectivity index (χ0v) is 19.9. The van der Waals surface area contributed by atoms with E-state index in [0.29, 0.717) is 16.7 Å². The summed E-state index contributed by atoms with van der Waals surface area (Å²) in [5.74, 6) is -4.13. The smallest absolute Gasteiger partial charge is 0.247 e. The van der Waals surface area contributed by atoms with Crippen LogP contribution in [0.1, 0.15) is 30.0 Å². The minimum absolute atomic E-state index is 0.223. The second kappa shape index (κ2) is 11.8. The highest BCUT2D eigenvalue weighted by molar-refractivity contribution is 7.42. The lowest BCUT2D eigenvalue weighted by molar-refractivity contribution is -0.389. The summed E-state index contributed by atoms with van der Waals surface area (Å²) in [6, 6.07) is 28.4. The Morgan fingerprint density at radius 1 is 0.697 bits per heavy atom. The predicted molar refractivity (Wildman–Crippen MR) is 129 cm³/mol. The first-order chi connectivity index (χ1) is 15.7. The molecule has 8 heteroatoms. The van der Waals surface area contributed by atoms with Gasteiger partial charge in [0.1, 0.15) is 5.41 Å². The zero-order chi connectivity index (χ0) is 24.5. The summed E-state index contributed by atoms with van der Waals surface area (Å²) in [6.07, 6.45) is 0.223. The Morgan fingerprint density at radius 2 is 0.970 bits per heavy atom. The van der Waals surface area contributed by atoms with Gasteiger partial charge in [-0.3, -0.25) is 5.50 Å². The van der Waals surface area contributed by atoms with Crippen LogP contribution in [0, 0.1) is 0 Å². The Morgan fingerprint density at radius 3 is 1.18 bits per heavy atom. The molecule has 3 rings (SSSR count). The molecule has 6 N–H and O–H groups in total. The Kier molecular flexibility index (Phi) is 9.67. The fraction of sp³-hybridized carbons (Fsp3) is 0.280. The van der Waals surface area contributed by atoms with Crippen LogP contribution in [0.5, 0.6) is 0 Å². The topological polar surface area (TPSA) is 125 Å². The van der Waals surface area contributed by atoms with Crippen molar-refractivity contribution in [3.05, 3.63) is 108 Å². The van der Waals surface area contributed by atoms with Crippen molar-refractivity contribution in [3.63, 3.8) is 0 Å². The van der Waals surface area contributed by atoms with Crippen molar-refractivity contribution < 1.29 is 29.5 Å². The number of methoxy groups -OCH3 is 2. The molecule has 7 nitrogen and oxygen atoms in total. The molecule has 0 aliphatic heterocycles. The fourth-order valence-electron chi connectivity index (χ4n) is 4.36. The van der Waals surface area contributed by atoms with Gasteiger partial charge in [0.2, 0.25) is 20.1 Å². The number of hydrogen-bond acceptors (Lipinski definition) is 7. The van der Waals surface area contributed by atoms with Gasteiger partial charge in [0.25, 0.3) is 0 Å². The summed E-state index contributed by atoms with van der Waals surface area (Å²) < 4.78 is 11.3. The highest BCUT2D eigenvalue weighted by atomic mass is 31.2. The first kappa shape index (κ1) is 27.1. The summed E-state index contributed by atoms with van der Waals surface area (Å²) >= 11 is 0. The Balaban J connectivity index is 0.000000890. The third-order valence-electron chi connectivity index (χ3n) is 5.80. The van der Waals surface area contributed by atoms with Crippen molar-refractivity contribution in [1.82, 2.24) is 0 Å². The first-order valence-corrected chi connectivity index (χ1v) is 11.7. The van der Waals surface area contributed by atoms with E-state index in [2.05, 4.69) is 5.50 Å². The molecule has 0 fully saturated rings. The van der Waals surface area contributed by atoms with Gasteiger partial charge in [-0.2, -0.15) is 0 Å². The van der Waals surface area contributed by atoms with Crippen LogP contribution >= 0.6 is 8.53 Å². The SMILES string of the molecule is CCC(OC)(OC)C(O)(O)C(c1ccccc1)(c1ccccc1)c1ccccc1.NP(O)O. The molecule has 0 heterocycles. The maximum absolute atomic E-state index is 12.0. The molecule has 0 unspecified atom stereocenters. The van der Waals surface area contributed by atoms with Crippen molar-refractivity contribution in [2.45, 2.75) is 30.3 Å². The van der Waals surface area contributed by atoms with Gasteiger partial charge in [-0.05, 0) is 16.7 Å². The van der Waals surface area contributed by atoms with Crippen molar-refractivity contribution in [3.8, 4) is 0 Å². The maximum atomic E-state index is 12.0. The Bertz CT molecular complexity index is 843. The molecule has 0 radical (unpaired) electrons. The quantitative estimate of drug-likeness (QED) is 0.193. The van der Waals surface area contributed by atoms with E-state index in [0.717, 1.165) is 0 Å². The van der Waals surface area contributed by atoms with Gasteiger partial charge < -0.3 is 29.5 Å². The number of aliphatic hydroxyl groups is 2. The molecule has 0 saturated carbocycles. The van der Waals surface area contributed by atoms with Crippen LogP contribution in [-0.4, -0.2) is 45.8 Å². The molecule has 178 valence electrons. The molecule has 0 bridgehead atoms. The van der Waals surface area contributed by atoms with E-state index < -0.39 is 25.5 Å². The van der Waals surface area contributed by atoms with E-state index in [1.165, 1.54) is 14.2 Å². The van der Waals surface area contributed by atoms with Crippen LogP contribution in [0.15, 0.2) is 91.0 Å². The third kappa shape index (κ3) is 5.17. The zero-order valence-electron chi connectivity index (χ0n) is 19.0. The Hall–Kier alpha value is -2.19. The van der Waals surface area contributed by atoms with E-state index >= 15 is 0 Å². The molecule has 0 aliphatic rings. The number of benzene rings is 3. The largest absolute Gasteiger partial charge is 0.360 e. The number of nitrogens with two attached hydrogens (primary N) is 1. The predicted octanol–water partition coefficient (Wildman–Crippen LogP) is 3.26. The van der Waals surface area contributed by atoms with Crippen molar-refractivity contribution in [1.29, 1.82) is 0 Å². The molecule has 0 amide bonds. The maximum Gasteiger partial charge on any atom is 0.247 e. The van der Waals surface area contributed by atoms with Crippen LogP contribution in [0.3, 0.4) is 0 Å². The normalized spacial score (nSPS) is 12.3. The van der Waals surface area contributed by atoms with Crippen LogP contribution in [-0.2, 0) is 14.9 Å². The lowest BCUT2D eigenvalue weighted by Crippen LogP contribution is -2.68. The molecule has 0 aliphatic carbocycles. The highest BCUT2D eigenvalue weighted by Crippen LogP contribution is 2.52. The molecular formula is C25H32NO6P. The van der Waals surface area contributed by atoms with Gasteiger partial charge in [-0.15, -0.1) is 0 Å². The second-order valence-corrected chi connectivity index (χ2v) is 8.00. The average molecular weight is 474 g/mol. The van der Waals surface area contributed by atoms with Gasteiger partial charge in [0, 0.05) is 20.6 Å². The van der Waals surface area contributed by atoms with Crippen LogP contribution in [0.4, 0.5) is 0 Å². The monoisotopic (exact) mass is 473 g/mol. The Labute approximate surface area is 196 Å². The highest BCUT2D eigenvalue weighted by Gasteiger charge is 2.65. The van der Waals surface area contributed by atoms with E-state index in [1.807, 2.05) is 91.0 Å². The summed E-state index contributed by atoms with van der Waals surface area (Å²) in [4.78, 5) is 14.9. The number of rotatable bonds is 8. The summed E-state index contributed by atoms with van der Waals surface area (Å²) in [7, 11) is 0.741. The molecule has 0 atom stereocenters. The molecule has 3 aromatic carbocycles. The molecule has 0 saturated heterocycles. The van der Waals surface area contributed by atoms with Gasteiger partial charge in [-0.25, -0.2) is 0 Å². The number of ether oxygens (including phenoxy) is 2. The minimum Gasteiger partial charge on any atom is -0.360 e. The molecule has 0 aromatic heterocycles. The summed E-state index contributed by atoms with van der Waals surface area (Å²) in [5, 5.41) is 24.0. The van der Waals surface area contributed by atoms with Gasteiger partial charge in [0.05, 0.1) is 0 Å². The molecular weight excluding hydrogens is 441 g/mol. The van der Waals surface area contributed by atoms with E-state index in [-0.39, 0.29) is 6.42 Å². The van der Waals surface area contributed by atoms with E-state index in [4.69, 9.17) is 19.3 Å². The van der Waals surface area contributed by atoms with Crippen molar-refractivity contribution in [2.24, 2.45) is 5.50 Å². The van der Waals surface area contributed by atoms with Crippen molar-refractivity contribution >= 4 is 8.53 Å². The third-order valence-corrected chi connectivity index (χ3v) is 5.80. The second-order valence-electron chi connectivity index (χ2n) is 7.36. The van der Waals surface area contributed by atoms with Crippen LogP contribution < -0.4 is 5.50 Å². The van der Waals surface area contributed by atoms with E-state index in [9.17, 15) is 10.2 Å². The first-order valence-electron chi connectivity index (χ1n) is 10.4. The van der Waals surface area contributed by atoms with E-state index in [1.54, 1.807) is 6.92 Å². The lowest BCUT2D eigenvalue weighted by Gasteiger charge is -2.52. The van der Waals surface area contributed by atoms with Gasteiger partial charge >= 0.3 is 0 Å². The average Bonchev–Trinajstić information content (AvgIpc) is 2.82. The molecule has 3 aromatic rings. The number of hydrogen-bond donors (Lipinski definition) is 5. The fourth-order valence-corrected chi connectivity index (χ4v) is 4.36. The molecule has 0 spiro atoms. The van der Waals surface area contributed by atoms with Gasteiger partial charge in [0.15, 0.2) is 0 Å².